The summed E-state index contributed by atoms with van der Waals surface area (Å²) in [6.07, 6.45) is 3.41. The van der Waals surface area contributed by atoms with E-state index in [2.05, 4.69) is 9.97 Å². The van der Waals surface area contributed by atoms with Crippen molar-refractivity contribution in [1.82, 2.24) is 15.0 Å². The molecule has 3 aromatic heterocycles. The topological polar surface area (TPSA) is 47.9 Å². The van der Waals surface area contributed by atoms with E-state index in [-0.39, 0.29) is 0 Å². The van der Waals surface area contributed by atoms with Gasteiger partial charge in [0.05, 0.1) is 15.6 Å². The molecule has 0 radical (unpaired) electrons. The Hall–Kier alpha value is -3.21. The molecule has 5 rings (SSSR count). The minimum atomic E-state index is 0.445. The number of halogens is 2. The summed E-state index contributed by atoms with van der Waals surface area (Å²) in [5.74, 6) is 1.24. The lowest BCUT2D eigenvalue weighted by Gasteiger charge is -2.14. The van der Waals surface area contributed by atoms with Gasteiger partial charge in [0.15, 0.2) is 11.4 Å². The summed E-state index contributed by atoms with van der Waals surface area (Å²) in [7, 11) is 0. The summed E-state index contributed by atoms with van der Waals surface area (Å²) in [5, 5.41) is 2.56. The zero-order chi connectivity index (χ0) is 19.8. The summed E-state index contributed by atoms with van der Waals surface area (Å²) in [6.45, 7) is 0. The summed E-state index contributed by atoms with van der Waals surface area (Å²) in [5.41, 5.74) is 3.01. The Morgan fingerprint density at radius 3 is 2.41 bits per heavy atom. The number of ether oxygens (including phenoxy) is 1. The number of benzene rings is 2. The van der Waals surface area contributed by atoms with Crippen LogP contribution in [0.25, 0.3) is 33.2 Å². The van der Waals surface area contributed by atoms with E-state index in [9.17, 15) is 0 Å². The molecule has 6 heteroatoms. The summed E-state index contributed by atoms with van der Waals surface area (Å²) in [4.78, 5) is 13.5. The quantitative estimate of drug-likeness (QED) is 0.318. The zero-order valence-corrected chi connectivity index (χ0v) is 16.5. The van der Waals surface area contributed by atoms with Gasteiger partial charge in [-0.3, -0.25) is 4.98 Å². The highest BCUT2D eigenvalue weighted by atomic mass is 35.5. The van der Waals surface area contributed by atoms with Crippen LogP contribution in [-0.4, -0.2) is 15.0 Å². The molecule has 3 heterocycles. The Kier molecular flexibility index (Phi) is 4.51. The predicted octanol–water partition coefficient (Wildman–Crippen LogP) is 6.94. The molecule has 0 saturated carbocycles. The van der Waals surface area contributed by atoms with Crippen molar-refractivity contribution in [2.24, 2.45) is 0 Å². The molecule has 0 atom stereocenters. The molecule has 0 N–H and O–H groups in total. The van der Waals surface area contributed by atoms with Crippen molar-refractivity contribution < 1.29 is 4.74 Å². The lowest BCUT2D eigenvalue weighted by molar-refractivity contribution is 0.488. The molecule has 0 fully saturated rings. The Bertz CT molecular complexity index is 1360. The minimum absolute atomic E-state index is 0.445. The largest absolute Gasteiger partial charge is 0.454 e. The number of pyridine rings is 3. The molecule has 0 aliphatic heterocycles. The zero-order valence-electron chi connectivity index (χ0n) is 15.0. The van der Waals surface area contributed by atoms with Crippen LogP contribution in [-0.2, 0) is 0 Å². The van der Waals surface area contributed by atoms with Crippen molar-refractivity contribution in [3.05, 3.63) is 89.2 Å². The maximum atomic E-state index is 6.35. The van der Waals surface area contributed by atoms with Crippen molar-refractivity contribution >= 4 is 45.1 Å². The van der Waals surface area contributed by atoms with E-state index in [1.807, 2.05) is 48.5 Å². The highest BCUT2D eigenvalue weighted by molar-refractivity contribution is 6.42. The average Bonchev–Trinajstić information content (AvgIpc) is 2.75. The smallest absolute Gasteiger partial charge is 0.160 e. The Balaban J connectivity index is 1.71. The van der Waals surface area contributed by atoms with Crippen LogP contribution >= 0.6 is 23.2 Å². The number of aromatic nitrogens is 3. The molecular formula is C23H13Cl2N3O. The van der Waals surface area contributed by atoms with Gasteiger partial charge < -0.3 is 4.74 Å². The molecule has 0 bridgehead atoms. The van der Waals surface area contributed by atoms with Gasteiger partial charge in [-0.25, -0.2) is 9.97 Å². The summed E-state index contributed by atoms with van der Waals surface area (Å²) < 4.78 is 6.35. The molecule has 2 aromatic carbocycles. The van der Waals surface area contributed by atoms with Gasteiger partial charge in [0, 0.05) is 28.7 Å². The average molecular weight is 418 g/mol. The van der Waals surface area contributed by atoms with Gasteiger partial charge in [-0.1, -0.05) is 53.5 Å². The SMILES string of the molecule is Clc1cc2nccc(Oc3cc4cccnc4nc3-c3ccccc3)c2cc1Cl. The normalized spacial score (nSPS) is 11.1. The Morgan fingerprint density at radius 1 is 0.724 bits per heavy atom. The first-order valence-electron chi connectivity index (χ1n) is 8.92. The van der Waals surface area contributed by atoms with Crippen LogP contribution in [0.5, 0.6) is 11.5 Å². The fourth-order valence-electron chi connectivity index (χ4n) is 3.19. The van der Waals surface area contributed by atoms with Crippen LogP contribution in [0.1, 0.15) is 0 Å². The molecule has 140 valence electrons. The van der Waals surface area contributed by atoms with Crippen LogP contribution in [0.15, 0.2) is 79.1 Å². The number of rotatable bonds is 3. The minimum Gasteiger partial charge on any atom is -0.454 e. The molecule has 0 spiro atoms. The number of fused-ring (bicyclic) bond motifs is 2. The van der Waals surface area contributed by atoms with Crippen molar-refractivity contribution in [2.45, 2.75) is 0 Å². The van der Waals surface area contributed by atoms with Crippen LogP contribution in [0.3, 0.4) is 0 Å². The maximum absolute atomic E-state index is 6.35. The van der Waals surface area contributed by atoms with E-state index in [0.29, 0.717) is 38.4 Å². The van der Waals surface area contributed by atoms with E-state index >= 15 is 0 Å². The van der Waals surface area contributed by atoms with Crippen LogP contribution in [0.2, 0.25) is 10.0 Å². The molecule has 0 amide bonds. The monoisotopic (exact) mass is 417 g/mol. The molecule has 4 nitrogen and oxygen atoms in total. The van der Waals surface area contributed by atoms with Gasteiger partial charge in [0.1, 0.15) is 11.4 Å². The van der Waals surface area contributed by atoms with E-state index in [0.717, 1.165) is 16.3 Å². The predicted molar refractivity (Wildman–Crippen MR) is 117 cm³/mol. The van der Waals surface area contributed by atoms with Gasteiger partial charge in [-0.2, -0.15) is 0 Å². The summed E-state index contributed by atoms with van der Waals surface area (Å²) in [6, 6.07) is 20.9. The molecular weight excluding hydrogens is 405 g/mol. The molecule has 0 saturated heterocycles. The molecule has 5 aromatic rings. The van der Waals surface area contributed by atoms with Crippen molar-refractivity contribution in [2.75, 3.05) is 0 Å². The van der Waals surface area contributed by atoms with Crippen LogP contribution in [0, 0.1) is 0 Å². The Labute approximate surface area is 176 Å². The molecule has 0 aliphatic carbocycles. The van der Waals surface area contributed by atoms with E-state index in [1.165, 1.54) is 0 Å². The van der Waals surface area contributed by atoms with Gasteiger partial charge in [-0.05, 0) is 36.4 Å². The highest BCUT2D eigenvalue weighted by Crippen LogP contribution is 2.38. The van der Waals surface area contributed by atoms with Gasteiger partial charge >= 0.3 is 0 Å². The lowest BCUT2D eigenvalue weighted by atomic mass is 10.1. The fraction of sp³-hybridized carbons (Fsp3) is 0. The number of hydrogen-bond donors (Lipinski definition) is 0. The van der Waals surface area contributed by atoms with E-state index in [1.54, 1.807) is 30.6 Å². The first-order valence-corrected chi connectivity index (χ1v) is 9.67. The first kappa shape index (κ1) is 17.9. The third-order valence-electron chi connectivity index (χ3n) is 4.57. The highest BCUT2D eigenvalue weighted by Gasteiger charge is 2.14. The maximum Gasteiger partial charge on any atom is 0.160 e. The first-order chi connectivity index (χ1) is 14.2. The number of hydrogen-bond acceptors (Lipinski definition) is 4. The van der Waals surface area contributed by atoms with Crippen LogP contribution in [0.4, 0.5) is 0 Å². The third-order valence-corrected chi connectivity index (χ3v) is 5.29. The van der Waals surface area contributed by atoms with E-state index < -0.39 is 0 Å². The molecule has 0 unspecified atom stereocenters. The van der Waals surface area contributed by atoms with Gasteiger partial charge in [0.25, 0.3) is 0 Å². The van der Waals surface area contributed by atoms with Crippen molar-refractivity contribution in [3.63, 3.8) is 0 Å². The number of nitrogens with zero attached hydrogens (tertiary/aromatic N) is 3. The van der Waals surface area contributed by atoms with Gasteiger partial charge in [-0.15, -0.1) is 0 Å². The standard InChI is InChI=1S/C23H13Cl2N3O/c24-17-12-16-19(13-18(17)25)26-10-8-20(16)29-21-11-15-7-4-9-27-23(15)28-22(21)14-5-2-1-3-6-14/h1-13H. The Morgan fingerprint density at radius 2 is 1.55 bits per heavy atom. The molecule has 29 heavy (non-hydrogen) atoms. The fourth-order valence-corrected chi connectivity index (χ4v) is 3.51. The lowest BCUT2D eigenvalue weighted by Crippen LogP contribution is -1.95. The summed E-state index contributed by atoms with van der Waals surface area (Å²) >= 11 is 12.4. The third kappa shape index (κ3) is 3.37. The second-order valence-electron chi connectivity index (χ2n) is 6.45. The van der Waals surface area contributed by atoms with Crippen LogP contribution < -0.4 is 4.74 Å². The molecule has 0 aliphatic rings. The second-order valence-corrected chi connectivity index (χ2v) is 7.26. The van der Waals surface area contributed by atoms with Gasteiger partial charge in [0.2, 0.25) is 0 Å². The van der Waals surface area contributed by atoms with Crippen molar-refractivity contribution in [3.8, 4) is 22.8 Å². The van der Waals surface area contributed by atoms with Crippen molar-refractivity contribution in [1.29, 1.82) is 0 Å². The van der Waals surface area contributed by atoms with E-state index in [4.69, 9.17) is 32.9 Å². The second kappa shape index (κ2) is 7.32.